The number of amides is 3. The maximum absolute atomic E-state index is 13.4. The highest BCUT2D eigenvalue weighted by Crippen LogP contribution is 2.30. The van der Waals surface area contributed by atoms with E-state index in [0.29, 0.717) is 17.9 Å². The Morgan fingerprint density at radius 3 is 2.66 bits per heavy atom. The fraction of sp³-hybridized carbons (Fsp3) is 0.607. The van der Waals surface area contributed by atoms with Gasteiger partial charge in [-0.3, -0.25) is 9.52 Å². The van der Waals surface area contributed by atoms with Crippen molar-refractivity contribution in [2.24, 2.45) is 13.0 Å². The number of aryl methyl sites for hydroxylation is 1. The van der Waals surface area contributed by atoms with E-state index in [9.17, 15) is 23.1 Å². The van der Waals surface area contributed by atoms with E-state index in [-0.39, 0.29) is 54.2 Å². The van der Waals surface area contributed by atoms with Crippen molar-refractivity contribution < 1.29 is 27.9 Å². The van der Waals surface area contributed by atoms with Crippen LogP contribution in [-0.2, 0) is 28.3 Å². The first-order chi connectivity index (χ1) is 19.5. The quantitative estimate of drug-likeness (QED) is 0.428. The number of aliphatic hydroxyl groups excluding tert-OH is 1. The van der Waals surface area contributed by atoms with Gasteiger partial charge in [-0.25, -0.2) is 9.78 Å². The van der Waals surface area contributed by atoms with Gasteiger partial charge in [0, 0.05) is 50.0 Å². The normalized spacial score (nSPS) is 21.1. The molecule has 3 N–H and O–H groups in total. The molecule has 1 aliphatic carbocycles. The SMILES string of the molecule is C[C@H]1CN([C@@H](C)CO)C(=O)Cc2cc(NS(=O)(=O)c3cn(C)cn3)ccc2O[C@@H]1CN(C)C(=O)NC1CCCCC1. The molecule has 13 heteroatoms. The van der Waals surface area contributed by atoms with E-state index in [4.69, 9.17) is 4.74 Å². The van der Waals surface area contributed by atoms with Gasteiger partial charge in [0.15, 0.2) is 5.03 Å². The molecule has 3 atom stereocenters. The second-order valence-electron chi connectivity index (χ2n) is 11.4. The van der Waals surface area contributed by atoms with Crippen LogP contribution >= 0.6 is 0 Å². The van der Waals surface area contributed by atoms with Crippen molar-refractivity contribution in [1.82, 2.24) is 24.7 Å². The Morgan fingerprint density at radius 2 is 2.00 bits per heavy atom. The monoisotopic (exact) mass is 590 g/mol. The average molecular weight is 591 g/mol. The van der Waals surface area contributed by atoms with Crippen LogP contribution in [-0.4, -0.2) is 89.7 Å². The summed E-state index contributed by atoms with van der Waals surface area (Å²) in [6.45, 7) is 4.15. The third-order valence-electron chi connectivity index (χ3n) is 7.86. The van der Waals surface area contributed by atoms with E-state index in [1.165, 1.54) is 23.5 Å². The lowest BCUT2D eigenvalue weighted by molar-refractivity contribution is -0.134. The third-order valence-corrected chi connectivity index (χ3v) is 9.12. The summed E-state index contributed by atoms with van der Waals surface area (Å²) in [5, 5.41) is 12.9. The highest BCUT2D eigenvalue weighted by Gasteiger charge is 2.32. The molecule has 1 aromatic heterocycles. The molecule has 12 nitrogen and oxygen atoms in total. The van der Waals surface area contributed by atoms with Gasteiger partial charge < -0.3 is 29.5 Å². The number of urea groups is 1. The molecule has 226 valence electrons. The summed E-state index contributed by atoms with van der Waals surface area (Å²) in [6, 6.07) is 4.39. The van der Waals surface area contributed by atoms with E-state index in [1.54, 1.807) is 49.0 Å². The second-order valence-corrected chi connectivity index (χ2v) is 13.0. The average Bonchev–Trinajstić information content (AvgIpc) is 3.40. The van der Waals surface area contributed by atoms with Crippen LogP contribution in [0.2, 0.25) is 0 Å². The summed E-state index contributed by atoms with van der Waals surface area (Å²) in [5.41, 5.74) is 0.764. The highest BCUT2D eigenvalue weighted by molar-refractivity contribution is 7.92. The number of nitrogens with one attached hydrogen (secondary N) is 2. The van der Waals surface area contributed by atoms with Crippen molar-refractivity contribution in [3.8, 4) is 5.75 Å². The molecule has 2 aliphatic rings. The first kappa shape index (κ1) is 30.6. The van der Waals surface area contributed by atoms with Gasteiger partial charge in [-0.05, 0) is 38.0 Å². The molecule has 4 rings (SSSR count). The lowest BCUT2D eigenvalue weighted by atomic mass is 9.96. The predicted octanol–water partition coefficient (Wildman–Crippen LogP) is 2.34. The zero-order chi connectivity index (χ0) is 29.7. The van der Waals surface area contributed by atoms with E-state index in [1.807, 2.05) is 6.92 Å². The molecule has 0 unspecified atom stereocenters. The topological polar surface area (TPSA) is 146 Å². The van der Waals surface area contributed by atoms with E-state index in [2.05, 4.69) is 15.0 Å². The smallest absolute Gasteiger partial charge is 0.317 e. The van der Waals surface area contributed by atoms with Crippen molar-refractivity contribution in [3.63, 3.8) is 0 Å². The van der Waals surface area contributed by atoms with E-state index >= 15 is 0 Å². The number of carbonyl (C=O) groups is 2. The van der Waals surface area contributed by atoms with Crippen LogP contribution in [0.15, 0.2) is 35.7 Å². The first-order valence-electron chi connectivity index (χ1n) is 14.2. The van der Waals surface area contributed by atoms with Crippen molar-refractivity contribution in [1.29, 1.82) is 0 Å². The van der Waals surface area contributed by atoms with Crippen molar-refractivity contribution in [3.05, 3.63) is 36.3 Å². The maximum atomic E-state index is 13.4. The number of fused-ring (bicyclic) bond motifs is 1. The molecule has 1 aliphatic heterocycles. The molecule has 0 bridgehead atoms. The number of sulfonamides is 1. The molecule has 2 aromatic rings. The Bertz CT molecular complexity index is 1330. The molecule has 0 radical (unpaired) electrons. The summed E-state index contributed by atoms with van der Waals surface area (Å²) in [6.07, 6.45) is 7.66. The van der Waals surface area contributed by atoms with Crippen LogP contribution in [0.4, 0.5) is 10.5 Å². The van der Waals surface area contributed by atoms with E-state index < -0.39 is 22.2 Å². The number of imidazole rings is 1. The Hall–Kier alpha value is -3.32. The van der Waals surface area contributed by atoms with Crippen LogP contribution < -0.4 is 14.8 Å². The molecule has 1 saturated carbocycles. The molecule has 3 amide bonds. The van der Waals surface area contributed by atoms with Gasteiger partial charge in [-0.1, -0.05) is 26.2 Å². The highest BCUT2D eigenvalue weighted by atomic mass is 32.2. The van der Waals surface area contributed by atoms with Gasteiger partial charge in [0.25, 0.3) is 10.0 Å². The molecule has 41 heavy (non-hydrogen) atoms. The zero-order valence-corrected chi connectivity index (χ0v) is 25.1. The summed E-state index contributed by atoms with van der Waals surface area (Å²) in [5.74, 6) is 0.0544. The van der Waals surface area contributed by atoms with Crippen molar-refractivity contribution >= 4 is 27.6 Å². The fourth-order valence-electron chi connectivity index (χ4n) is 5.33. The number of likely N-dealkylation sites (N-methyl/N-ethyl adjacent to an activating group) is 1. The minimum Gasteiger partial charge on any atom is -0.488 e. The fourth-order valence-corrected chi connectivity index (χ4v) is 6.36. The summed E-state index contributed by atoms with van der Waals surface area (Å²) in [7, 11) is -0.534. The third kappa shape index (κ3) is 7.70. The number of hydrogen-bond acceptors (Lipinski definition) is 7. The van der Waals surface area contributed by atoms with Crippen LogP contribution in [0.3, 0.4) is 0 Å². The maximum Gasteiger partial charge on any atom is 0.317 e. The zero-order valence-electron chi connectivity index (χ0n) is 24.2. The van der Waals surface area contributed by atoms with Gasteiger partial charge in [0.05, 0.1) is 31.9 Å². The number of ether oxygens (including phenoxy) is 1. The van der Waals surface area contributed by atoms with Crippen LogP contribution in [0, 0.1) is 5.92 Å². The first-order valence-corrected chi connectivity index (χ1v) is 15.7. The minimum atomic E-state index is -3.94. The van der Waals surface area contributed by atoms with Crippen LogP contribution in [0.5, 0.6) is 5.75 Å². The van der Waals surface area contributed by atoms with Gasteiger partial charge >= 0.3 is 6.03 Å². The van der Waals surface area contributed by atoms with Gasteiger partial charge in [0.2, 0.25) is 5.91 Å². The van der Waals surface area contributed by atoms with Crippen LogP contribution in [0.25, 0.3) is 0 Å². The number of aliphatic hydroxyl groups is 1. The van der Waals surface area contributed by atoms with Gasteiger partial charge in [-0.15, -0.1) is 0 Å². The molecule has 1 aromatic carbocycles. The van der Waals surface area contributed by atoms with Crippen molar-refractivity contribution in [2.45, 2.75) is 75.6 Å². The number of rotatable bonds is 8. The van der Waals surface area contributed by atoms with Crippen molar-refractivity contribution in [2.75, 3.05) is 31.5 Å². The molecular weight excluding hydrogens is 548 g/mol. The standard InChI is InChI=1S/C28H42N6O6S/c1-19-14-34(20(2)17-35)27(36)13-21-12-23(31-41(38,39)26-16-32(3)18-29-26)10-11-24(21)40-25(19)15-33(4)28(37)30-22-8-6-5-7-9-22/h10-12,16,18-20,22,25,31,35H,5-9,13-15,17H2,1-4H3,(H,30,37)/t19-,20-,25+/m0/s1. The largest absolute Gasteiger partial charge is 0.488 e. The van der Waals surface area contributed by atoms with Gasteiger partial charge in [0.1, 0.15) is 11.9 Å². The number of hydrogen-bond donors (Lipinski definition) is 3. The van der Waals surface area contributed by atoms with E-state index in [0.717, 1.165) is 25.7 Å². The molecule has 0 saturated heterocycles. The second kappa shape index (κ2) is 13.1. The minimum absolute atomic E-state index is 0.0454. The molecule has 2 heterocycles. The lowest BCUT2D eigenvalue weighted by Gasteiger charge is -2.34. The van der Waals surface area contributed by atoms with Crippen LogP contribution in [0.1, 0.15) is 51.5 Å². The molecule has 1 fully saturated rings. The van der Waals surface area contributed by atoms with Gasteiger partial charge in [-0.2, -0.15) is 8.42 Å². The number of anilines is 1. The number of benzene rings is 1. The summed E-state index contributed by atoms with van der Waals surface area (Å²) < 4.78 is 36.3. The predicted molar refractivity (Wildman–Crippen MR) is 154 cm³/mol. The molecule has 0 spiro atoms. The number of carbonyl (C=O) groups excluding carboxylic acids is 2. The number of nitrogens with zero attached hydrogens (tertiary/aromatic N) is 4. The summed E-state index contributed by atoms with van der Waals surface area (Å²) in [4.78, 5) is 33.6. The summed E-state index contributed by atoms with van der Waals surface area (Å²) >= 11 is 0. The Balaban J connectivity index is 1.59. The number of aromatic nitrogens is 2. The Labute approximate surface area is 242 Å². The Morgan fingerprint density at radius 1 is 1.27 bits per heavy atom. The molecular formula is C28H42N6O6S. The lowest BCUT2D eigenvalue weighted by Crippen LogP contribution is -2.50. The Kier molecular flexibility index (Phi) is 9.80.